The minimum atomic E-state index is 0.324. The number of hydrogen-bond donors (Lipinski definition) is 3. The summed E-state index contributed by atoms with van der Waals surface area (Å²) in [7, 11) is 0. The predicted molar refractivity (Wildman–Crippen MR) is 65.9 cm³/mol. The summed E-state index contributed by atoms with van der Waals surface area (Å²) < 4.78 is 0. The van der Waals surface area contributed by atoms with Crippen molar-refractivity contribution < 1.29 is 0 Å². The molecule has 0 saturated heterocycles. The summed E-state index contributed by atoms with van der Waals surface area (Å²) in [4.78, 5) is 5.55. The number of hydrazine groups is 1. The minimum Gasteiger partial charge on any atom is -0.353 e. The van der Waals surface area contributed by atoms with Crippen molar-refractivity contribution in [2.45, 2.75) is 26.3 Å². The number of aliphatic imine (C=N–C) groups is 1. The standard InChI is InChI=1S/C10H18N4S/c1-3-12-10(14-11)13-8(2)7-9-5-4-6-15-9/h4-6,8H,3,7,11H2,1-2H3,(H2,12,13,14). The Bertz CT molecular complexity index is 294. The molecule has 0 fully saturated rings. The molecule has 0 aromatic carbocycles. The molecular weight excluding hydrogens is 208 g/mol. The number of nitrogens with one attached hydrogen (secondary N) is 2. The smallest absolute Gasteiger partial charge is 0.205 e. The second kappa shape index (κ2) is 6.42. The fourth-order valence-electron chi connectivity index (χ4n) is 1.31. The van der Waals surface area contributed by atoms with Crippen LogP contribution >= 0.6 is 11.3 Å². The molecule has 1 aromatic heterocycles. The van der Waals surface area contributed by atoms with Crippen LogP contribution in [0.5, 0.6) is 0 Å². The highest BCUT2D eigenvalue weighted by Gasteiger charge is 2.05. The molecule has 0 bridgehead atoms. The molecule has 4 N–H and O–H groups in total. The summed E-state index contributed by atoms with van der Waals surface area (Å²) in [5.74, 6) is 5.99. The van der Waals surface area contributed by atoms with Gasteiger partial charge in [-0.05, 0) is 25.3 Å². The van der Waals surface area contributed by atoms with Gasteiger partial charge in [0.25, 0.3) is 0 Å². The molecule has 0 aliphatic heterocycles. The number of thiophene rings is 1. The van der Waals surface area contributed by atoms with Crippen molar-refractivity contribution >= 4 is 17.3 Å². The lowest BCUT2D eigenvalue weighted by molar-refractivity contribution is 0.647. The van der Waals surface area contributed by atoms with Gasteiger partial charge in [-0.2, -0.15) is 0 Å². The topological polar surface area (TPSA) is 62.4 Å². The van der Waals surface area contributed by atoms with E-state index in [0.29, 0.717) is 12.0 Å². The SMILES string of the molecule is CCN=C(NN)NC(C)Cc1cccs1. The van der Waals surface area contributed by atoms with E-state index in [1.807, 2.05) is 6.92 Å². The van der Waals surface area contributed by atoms with E-state index < -0.39 is 0 Å². The van der Waals surface area contributed by atoms with E-state index in [4.69, 9.17) is 5.84 Å². The van der Waals surface area contributed by atoms with Crippen LogP contribution in [0.4, 0.5) is 0 Å². The molecule has 1 heterocycles. The maximum absolute atomic E-state index is 5.34. The maximum atomic E-state index is 5.34. The number of guanidine groups is 1. The first-order valence-electron chi connectivity index (χ1n) is 5.06. The van der Waals surface area contributed by atoms with Crippen molar-refractivity contribution in [3.8, 4) is 0 Å². The Labute approximate surface area is 94.6 Å². The second-order valence-corrected chi connectivity index (χ2v) is 4.33. The average Bonchev–Trinajstić information content (AvgIpc) is 2.69. The molecule has 84 valence electrons. The van der Waals surface area contributed by atoms with Gasteiger partial charge in [-0.15, -0.1) is 11.3 Å². The Morgan fingerprint density at radius 2 is 2.47 bits per heavy atom. The highest BCUT2D eigenvalue weighted by atomic mass is 32.1. The van der Waals surface area contributed by atoms with Crippen LogP contribution in [0.2, 0.25) is 0 Å². The number of nitrogens with two attached hydrogens (primary N) is 1. The van der Waals surface area contributed by atoms with Gasteiger partial charge in [0.1, 0.15) is 0 Å². The van der Waals surface area contributed by atoms with Crippen LogP contribution in [0.1, 0.15) is 18.7 Å². The van der Waals surface area contributed by atoms with Gasteiger partial charge in [-0.1, -0.05) is 6.07 Å². The van der Waals surface area contributed by atoms with Crippen LogP contribution < -0.4 is 16.6 Å². The molecule has 0 aliphatic rings. The summed E-state index contributed by atoms with van der Waals surface area (Å²) in [6.45, 7) is 4.81. The van der Waals surface area contributed by atoms with E-state index in [2.05, 4.69) is 40.2 Å². The van der Waals surface area contributed by atoms with E-state index >= 15 is 0 Å². The quantitative estimate of drug-likeness (QED) is 0.312. The number of hydrogen-bond acceptors (Lipinski definition) is 3. The number of rotatable bonds is 4. The molecule has 4 nitrogen and oxygen atoms in total. The second-order valence-electron chi connectivity index (χ2n) is 3.30. The van der Waals surface area contributed by atoms with E-state index in [1.54, 1.807) is 11.3 Å². The molecule has 1 unspecified atom stereocenters. The van der Waals surface area contributed by atoms with Crippen molar-refractivity contribution in [3.05, 3.63) is 22.4 Å². The summed E-state index contributed by atoms with van der Waals surface area (Å²) in [6.07, 6.45) is 0.988. The Hall–Kier alpha value is -1.07. The molecule has 1 rings (SSSR count). The van der Waals surface area contributed by atoms with Gasteiger partial charge in [-0.25, -0.2) is 5.84 Å². The summed E-state index contributed by atoms with van der Waals surface area (Å²) in [6, 6.07) is 4.52. The van der Waals surface area contributed by atoms with Gasteiger partial charge in [0.15, 0.2) is 0 Å². The first-order chi connectivity index (χ1) is 7.26. The van der Waals surface area contributed by atoms with E-state index in [-0.39, 0.29) is 0 Å². The largest absolute Gasteiger partial charge is 0.353 e. The first kappa shape index (κ1) is 12.0. The predicted octanol–water partition coefficient (Wildman–Crippen LogP) is 1.11. The van der Waals surface area contributed by atoms with Crippen molar-refractivity contribution in [2.75, 3.05) is 6.54 Å². The van der Waals surface area contributed by atoms with Crippen LogP contribution in [-0.4, -0.2) is 18.5 Å². The summed E-state index contributed by atoms with van der Waals surface area (Å²) >= 11 is 1.77. The van der Waals surface area contributed by atoms with Crippen LogP contribution in [0.3, 0.4) is 0 Å². The highest BCUT2D eigenvalue weighted by Crippen LogP contribution is 2.10. The molecule has 1 atom stereocenters. The van der Waals surface area contributed by atoms with E-state index in [1.165, 1.54) is 4.88 Å². The van der Waals surface area contributed by atoms with Gasteiger partial charge >= 0.3 is 0 Å². The third kappa shape index (κ3) is 4.31. The molecule has 0 saturated carbocycles. The third-order valence-corrected chi connectivity index (χ3v) is 2.82. The third-order valence-electron chi connectivity index (χ3n) is 1.92. The first-order valence-corrected chi connectivity index (χ1v) is 5.94. The summed E-state index contributed by atoms with van der Waals surface area (Å²) in [5, 5.41) is 5.31. The van der Waals surface area contributed by atoms with E-state index in [9.17, 15) is 0 Å². The zero-order chi connectivity index (χ0) is 11.1. The van der Waals surface area contributed by atoms with E-state index in [0.717, 1.165) is 13.0 Å². The van der Waals surface area contributed by atoms with Crippen LogP contribution in [0.25, 0.3) is 0 Å². The zero-order valence-electron chi connectivity index (χ0n) is 9.16. The van der Waals surface area contributed by atoms with Gasteiger partial charge in [-0.3, -0.25) is 10.4 Å². The Morgan fingerprint density at radius 3 is 3.00 bits per heavy atom. The fourth-order valence-corrected chi connectivity index (χ4v) is 2.14. The lowest BCUT2D eigenvalue weighted by Gasteiger charge is -2.15. The Kier molecular flexibility index (Phi) is 5.14. The zero-order valence-corrected chi connectivity index (χ0v) is 9.97. The van der Waals surface area contributed by atoms with Gasteiger partial charge in [0.2, 0.25) is 5.96 Å². The average molecular weight is 226 g/mol. The van der Waals surface area contributed by atoms with Crippen molar-refractivity contribution in [3.63, 3.8) is 0 Å². The Balaban J connectivity index is 2.41. The number of nitrogens with zero attached hydrogens (tertiary/aromatic N) is 1. The lowest BCUT2D eigenvalue weighted by atomic mass is 10.2. The molecule has 5 heteroatoms. The van der Waals surface area contributed by atoms with Crippen molar-refractivity contribution in [2.24, 2.45) is 10.8 Å². The molecule has 0 radical (unpaired) electrons. The molecule has 1 aromatic rings. The van der Waals surface area contributed by atoms with Gasteiger partial charge in [0, 0.05) is 23.9 Å². The maximum Gasteiger partial charge on any atom is 0.205 e. The van der Waals surface area contributed by atoms with Crippen LogP contribution in [0.15, 0.2) is 22.5 Å². The van der Waals surface area contributed by atoms with Crippen LogP contribution in [0, 0.1) is 0 Å². The van der Waals surface area contributed by atoms with Gasteiger partial charge < -0.3 is 5.32 Å². The summed E-state index contributed by atoms with van der Waals surface area (Å²) in [5.41, 5.74) is 2.56. The molecule has 0 amide bonds. The van der Waals surface area contributed by atoms with Crippen molar-refractivity contribution in [1.29, 1.82) is 0 Å². The molecule has 15 heavy (non-hydrogen) atoms. The highest BCUT2D eigenvalue weighted by molar-refractivity contribution is 7.09. The van der Waals surface area contributed by atoms with Gasteiger partial charge in [0.05, 0.1) is 0 Å². The Morgan fingerprint density at radius 1 is 1.67 bits per heavy atom. The fraction of sp³-hybridized carbons (Fsp3) is 0.500. The normalized spacial score (nSPS) is 13.7. The monoisotopic (exact) mass is 226 g/mol. The molecule has 0 aliphatic carbocycles. The van der Waals surface area contributed by atoms with Crippen molar-refractivity contribution in [1.82, 2.24) is 10.7 Å². The minimum absolute atomic E-state index is 0.324. The lowest BCUT2D eigenvalue weighted by Crippen LogP contribution is -2.46. The molecular formula is C10H18N4S. The van der Waals surface area contributed by atoms with Crippen LogP contribution in [-0.2, 0) is 6.42 Å². The molecule has 0 spiro atoms.